The highest BCUT2D eigenvalue weighted by atomic mass is 32.2. The Morgan fingerprint density at radius 2 is 1.79 bits per heavy atom. The average molecular weight is 420 g/mol. The lowest BCUT2D eigenvalue weighted by Gasteiger charge is -2.47. The van der Waals surface area contributed by atoms with Gasteiger partial charge in [-0.05, 0) is 25.3 Å². The van der Waals surface area contributed by atoms with Crippen molar-refractivity contribution >= 4 is 21.8 Å². The minimum absolute atomic E-state index is 0.0102. The van der Waals surface area contributed by atoms with Crippen molar-refractivity contribution in [1.29, 1.82) is 0 Å². The standard InChI is InChI=1S/C21H29N3O4S/c1-3-24-20(26)17-14-23(29(2,27)28)15-18(17)21(24)9-11-22(12-10-21)19(25)13-16-7-5-4-6-8-16/h4-8,17-18H,3,9-15H2,1-2H3/t17-,18+/m0/s1. The summed E-state index contributed by atoms with van der Waals surface area (Å²) in [5, 5.41) is 0. The van der Waals surface area contributed by atoms with E-state index in [0.29, 0.717) is 45.4 Å². The van der Waals surface area contributed by atoms with Gasteiger partial charge in [0.15, 0.2) is 0 Å². The van der Waals surface area contributed by atoms with E-state index in [1.165, 1.54) is 10.6 Å². The van der Waals surface area contributed by atoms with Gasteiger partial charge in [-0.3, -0.25) is 9.59 Å². The molecular weight excluding hydrogens is 390 g/mol. The summed E-state index contributed by atoms with van der Waals surface area (Å²) >= 11 is 0. The number of piperidine rings is 1. The van der Waals surface area contributed by atoms with E-state index in [9.17, 15) is 18.0 Å². The van der Waals surface area contributed by atoms with Crippen LogP contribution in [-0.4, -0.2) is 78.9 Å². The molecule has 7 nitrogen and oxygen atoms in total. The van der Waals surface area contributed by atoms with Crippen LogP contribution >= 0.6 is 0 Å². The number of carbonyl (C=O) groups excluding carboxylic acids is 2. The summed E-state index contributed by atoms with van der Waals surface area (Å²) in [5.41, 5.74) is 0.670. The first-order valence-corrected chi connectivity index (χ1v) is 12.2. The maximum atomic E-state index is 13.0. The third-order valence-electron chi connectivity index (χ3n) is 7.06. The molecule has 8 heteroatoms. The number of nitrogens with zero attached hydrogens (tertiary/aromatic N) is 3. The lowest BCUT2D eigenvalue weighted by Crippen LogP contribution is -2.58. The molecule has 158 valence electrons. The van der Waals surface area contributed by atoms with Crippen molar-refractivity contribution in [2.75, 3.05) is 39.0 Å². The van der Waals surface area contributed by atoms with Gasteiger partial charge >= 0.3 is 0 Å². The van der Waals surface area contributed by atoms with Crippen LogP contribution in [0.15, 0.2) is 30.3 Å². The van der Waals surface area contributed by atoms with Gasteiger partial charge in [0.05, 0.1) is 24.1 Å². The SMILES string of the molecule is CCN1C(=O)[C@H]2CN(S(C)(=O)=O)C[C@H]2C12CCN(C(=O)Cc1ccccc1)CC2. The molecule has 3 aliphatic rings. The Hall–Kier alpha value is -1.93. The van der Waals surface area contributed by atoms with Crippen LogP contribution in [0.3, 0.4) is 0 Å². The second kappa shape index (κ2) is 7.40. The Bertz CT molecular complexity index is 894. The van der Waals surface area contributed by atoms with Crippen LogP contribution in [0.5, 0.6) is 0 Å². The lowest BCUT2D eigenvalue weighted by atomic mass is 9.75. The van der Waals surface area contributed by atoms with E-state index in [1.54, 1.807) is 0 Å². The van der Waals surface area contributed by atoms with E-state index >= 15 is 0 Å². The average Bonchev–Trinajstić information content (AvgIpc) is 3.23. The van der Waals surface area contributed by atoms with Gasteiger partial charge in [-0.25, -0.2) is 12.7 Å². The van der Waals surface area contributed by atoms with E-state index in [2.05, 4.69) is 0 Å². The number of fused-ring (bicyclic) bond motifs is 2. The summed E-state index contributed by atoms with van der Waals surface area (Å²) < 4.78 is 25.6. The van der Waals surface area contributed by atoms with Crippen LogP contribution in [0.2, 0.25) is 0 Å². The third-order valence-corrected chi connectivity index (χ3v) is 8.30. The van der Waals surface area contributed by atoms with E-state index < -0.39 is 10.0 Å². The van der Waals surface area contributed by atoms with Crippen LogP contribution in [0.25, 0.3) is 0 Å². The summed E-state index contributed by atoms with van der Waals surface area (Å²) in [4.78, 5) is 29.7. The monoisotopic (exact) mass is 419 g/mol. The predicted molar refractivity (Wildman–Crippen MR) is 109 cm³/mol. The van der Waals surface area contributed by atoms with Crippen LogP contribution in [0.4, 0.5) is 0 Å². The van der Waals surface area contributed by atoms with Gasteiger partial charge in [0, 0.05) is 38.6 Å². The van der Waals surface area contributed by atoms with Gasteiger partial charge in [-0.2, -0.15) is 0 Å². The van der Waals surface area contributed by atoms with Crippen LogP contribution in [0.1, 0.15) is 25.3 Å². The Kier molecular flexibility index (Phi) is 5.19. The van der Waals surface area contributed by atoms with Crippen molar-refractivity contribution in [3.63, 3.8) is 0 Å². The second-order valence-electron chi connectivity index (χ2n) is 8.52. The fourth-order valence-corrected chi connectivity index (χ4v) is 6.45. The van der Waals surface area contributed by atoms with Crippen molar-refractivity contribution in [2.24, 2.45) is 11.8 Å². The molecule has 0 saturated carbocycles. The maximum absolute atomic E-state index is 13.0. The highest BCUT2D eigenvalue weighted by Gasteiger charge is 2.62. The second-order valence-corrected chi connectivity index (χ2v) is 10.5. The topological polar surface area (TPSA) is 78.0 Å². The van der Waals surface area contributed by atoms with Crippen LogP contribution < -0.4 is 0 Å². The molecule has 1 aromatic rings. The fourth-order valence-electron chi connectivity index (χ4n) is 5.59. The Balaban J connectivity index is 1.49. The molecule has 3 aliphatic heterocycles. The first-order valence-electron chi connectivity index (χ1n) is 10.3. The van der Waals surface area contributed by atoms with Gasteiger partial charge in [0.25, 0.3) is 0 Å². The summed E-state index contributed by atoms with van der Waals surface area (Å²) in [6, 6.07) is 9.73. The fraction of sp³-hybridized carbons (Fsp3) is 0.619. The third kappa shape index (κ3) is 3.46. The number of likely N-dealkylation sites (tertiary alicyclic amines) is 2. The normalized spacial score (nSPS) is 26.9. The molecule has 0 bridgehead atoms. The van der Waals surface area contributed by atoms with Gasteiger partial charge in [0.1, 0.15) is 0 Å². The van der Waals surface area contributed by atoms with E-state index in [0.717, 1.165) is 5.56 Å². The number of sulfonamides is 1. The molecule has 2 atom stereocenters. The number of amides is 2. The van der Waals surface area contributed by atoms with Crippen molar-refractivity contribution in [3.05, 3.63) is 35.9 Å². The van der Waals surface area contributed by atoms with E-state index in [-0.39, 0.29) is 35.7 Å². The predicted octanol–water partition coefficient (Wildman–Crippen LogP) is 0.960. The Morgan fingerprint density at radius 1 is 1.14 bits per heavy atom. The zero-order valence-corrected chi connectivity index (χ0v) is 17.9. The van der Waals surface area contributed by atoms with Crippen LogP contribution in [-0.2, 0) is 26.0 Å². The smallest absolute Gasteiger partial charge is 0.227 e. The summed E-state index contributed by atoms with van der Waals surface area (Å²) in [6.45, 7) is 4.53. The molecule has 0 aromatic heterocycles. The highest BCUT2D eigenvalue weighted by molar-refractivity contribution is 7.88. The molecule has 0 N–H and O–H groups in total. The highest BCUT2D eigenvalue weighted by Crippen LogP contribution is 2.50. The number of hydrogen-bond acceptors (Lipinski definition) is 4. The molecule has 3 fully saturated rings. The molecule has 2 amide bonds. The first-order chi connectivity index (χ1) is 13.8. The number of carbonyl (C=O) groups is 2. The molecule has 3 heterocycles. The Labute approximate surface area is 172 Å². The van der Waals surface area contributed by atoms with Crippen molar-refractivity contribution in [2.45, 2.75) is 31.7 Å². The zero-order valence-electron chi connectivity index (χ0n) is 17.1. The van der Waals surface area contributed by atoms with Gasteiger partial charge in [-0.15, -0.1) is 0 Å². The van der Waals surface area contributed by atoms with Gasteiger partial charge < -0.3 is 9.80 Å². The lowest BCUT2D eigenvalue weighted by molar-refractivity contribution is -0.137. The molecule has 1 aromatic carbocycles. The molecule has 1 spiro atoms. The van der Waals surface area contributed by atoms with E-state index in [1.807, 2.05) is 47.1 Å². The molecule has 0 unspecified atom stereocenters. The first kappa shape index (κ1) is 20.3. The minimum Gasteiger partial charge on any atom is -0.342 e. The zero-order chi connectivity index (χ0) is 20.8. The van der Waals surface area contributed by atoms with Crippen molar-refractivity contribution in [3.8, 4) is 0 Å². The number of benzene rings is 1. The van der Waals surface area contributed by atoms with Crippen molar-refractivity contribution < 1.29 is 18.0 Å². The summed E-state index contributed by atoms with van der Waals surface area (Å²) in [7, 11) is -3.31. The van der Waals surface area contributed by atoms with Gasteiger partial charge in [-0.1, -0.05) is 30.3 Å². The molecule has 0 aliphatic carbocycles. The number of rotatable bonds is 4. The molecule has 4 rings (SSSR count). The summed E-state index contributed by atoms with van der Waals surface area (Å²) in [6.07, 6.45) is 3.03. The molecule has 3 saturated heterocycles. The van der Waals surface area contributed by atoms with Crippen LogP contribution in [0, 0.1) is 11.8 Å². The largest absolute Gasteiger partial charge is 0.342 e. The number of hydrogen-bond donors (Lipinski definition) is 0. The quantitative estimate of drug-likeness (QED) is 0.728. The minimum atomic E-state index is -3.31. The molecule has 0 radical (unpaired) electrons. The molecular formula is C21H29N3O4S. The van der Waals surface area contributed by atoms with E-state index in [4.69, 9.17) is 0 Å². The molecule has 29 heavy (non-hydrogen) atoms. The summed E-state index contributed by atoms with van der Waals surface area (Å²) in [5.74, 6) is -0.0563. The van der Waals surface area contributed by atoms with Crippen molar-refractivity contribution in [1.82, 2.24) is 14.1 Å². The van der Waals surface area contributed by atoms with Gasteiger partial charge in [0.2, 0.25) is 21.8 Å². The maximum Gasteiger partial charge on any atom is 0.227 e. The Morgan fingerprint density at radius 3 is 2.38 bits per heavy atom.